The summed E-state index contributed by atoms with van der Waals surface area (Å²) in [4.78, 5) is 41.3. The molecule has 1 atom stereocenters. The lowest BCUT2D eigenvalue weighted by atomic mass is 10.0. The summed E-state index contributed by atoms with van der Waals surface area (Å²) >= 11 is 1.24. The maximum Gasteiger partial charge on any atom is 0.279 e. The standard InChI is InChI=1S/C23H19FN4O3S/c24-16-9-7-14(8-10-16)21(29)26-19(12-15-13-25-18-5-2-1-4-17(15)18)22(30)27-28-23(31)20-6-3-11-32-20/h1-11,13,19,25H,12H2,(H,26,29)(H,27,30)(H,28,31)/t19-/m0/s1. The normalized spacial score (nSPS) is 11.7. The lowest BCUT2D eigenvalue weighted by Crippen LogP contribution is -2.53. The number of H-pyrrole nitrogens is 1. The van der Waals surface area contributed by atoms with Gasteiger partial charge in [0.05, 0.1) is 4.88 Å². The van der Waals surface area contributed by atoms with Crippen molar-refractivity contribution in [3.8, 4) is 0 Å². The maximum absolute atomic E-state index is 13.2. The Morgan fingerprint density at radius 2 is 1.72 bits per heavy atom. The second kappa shape index (κ2) is 9.44. The summed E-state index contributed by atoms with van der Waals surface area (Å²) in [5.41, 5.74) is 6.68. The highest BCUT2D eigenvalue weighted by Crippen LogP contribution is 2.19. The minimum Gasteiger partial charge on any atom is -0.361 e. The third kappa shape index (κ3) is 4.84. The largest absolute Gasteiger partial charge is 0.361 e. The molecule has 2 aromatic carbocycles. The highest BCUT2D eigenvalue weighted by molar-refractivity contribution is 7.12. The van der Waals surface area contributed by atoms with E-state index < -0.39 is 29.6 Å². The Morgan fingerprint density at radius 1 is 0.938 bits per heavy atom. The van der Waals surface area contributed by atoms with Gasteiger partial charge >= 0.3 is 0 Å². The van der Waals surface area contributed by atoms with Crippen LogP contribution in [0.25, 0.3) is 10.9 Å². The fourth-order valence-electron chi connectivity index (χ4n) is 3.25. The van der Waals surface area contributed by atoms with Crippen LogP contribution in [-0.4, -0.2) is 28.7 Å². The monoisotopic (exact) mass is 450 g/mol. The van der Waals surface area contributed by atoms with E-state index in [9.17, 15) is 18.8 Å². The minimum absolute atomic E-state index is 0.178. The lowest BCUT2D eigenvalue weighted by molar-refractivity contribution is -0.123. The molecule has 0 bridgehead atoms. The van der Waals surface area contributed by atoms with E-state index in [2.05, 4.69) is 21.2 Å². The Kier molecular flexibility index (Phi) is 6.27. The molecule has 3 amide bonds. The van der Waals surface area contributed by atoms with E-state index in [-0.39, 0.29) is 12.0 Å². The number of carbonyl (C=O) groups is 3. The third-order valence-electron chi connectivity index (χ3n) is 4.87. The second-order valence-electron chi connectivity index (χ2n) is 7.02. The molecule has 0 fully saturated rings. The highest BCUT2D eigenvalue weighted by Gasteiger charge is 2.24. The van der Waals surface area contributed by atoms with Gasteiger partial charge in [-0.2, -0.15) is 0 Å². The van der Waals surface area contributed by atoms with Gasteiger partial charge in [-0.3, -0.25) is 25.2 Å². The molecule has 2 heterocycles. The molecule has 0 spiro atoms. The van der Waals surface area contributed by atoms with Crippen molar-refractivity contribution in [2.45, 2.75) is 12.5 Å². The zero-order valence-electron chi connectivity index (χ0n) is 16.7. The number of halogens is 1. The molecule has 162 valence electrons. The predicted octanol–water partition coefficient (Wildman–Crippen LogP) is 3.17. The molecule has 0 saturated heterocycles. The predicted molar refractivity (Wildman–Crippen MR) is 120 cm³/mol. The Balaban J connectivity index is 1.52. The van der Waals surface area contributed by atoms with Crippen molar-refractivity contribution >= 4 is 40.0 Å². The first-order chi connectivity index (χ1) is 15.5. The lowest BCUT2D eigenvalue weighted by Gasteiger charge is -2.18. The van der Waals surface area contributed by atoms with Gasteiger partial charge in [0.1, 0.15) is 11.9 Å². The Bertz CT molecular complexity index is 1250. The Labute approximate surface area is 186 Å². The molecule has 0 radical (unpaired) electrons. The first-order valence-corrected chi connectivity index (χ1v) is 10.6. The fourth-order valence-corrected chi connectivity index (χ4v) is 3.87. The number of carbonyl (C=O) groups excluding carboxylic acids is 3. The minimum atomic E-state index is -0.990. The number of thiophene rings is 1. The summed E-state index contributed by atoms with van der Waals surface area (Å²) < 4.78 is 13.2. The number of hydrazine groups is 1. The highest BCUT2D eigenvalue weighted by atomic mass is 32.1. The van der Waals surface area contributed by atoms with E-state index >= 15 is 0 Å². The molecule has 0 saturated carbocycles. The van der Waals surface area contributed by atoms with Gasteiger partial charge in [-0.15, -0.1) is 11.3 Å². The second-order valence-corrected chi connectivity index (χ2v) is 7.96. The quantitative estimate of drug-likeness (QED) is 0.339. The van der Waals surface area contributed by atoms with Crippen molar-refractivity contribution in [3.05, 3.63) is 94.1 Å². The molecule has 32 heavy (non-hydrogen) atoms. The zero-order valence-corrected chi connectivity index (χ0v) is 17.5. The average molecular weight is 450 g/mol. The number of fused-ring (bicyclic) bond motifs is 1. The van der Waals surface area contributed by atoms with E-state index in [0.717, 1.165) is 16.5 Å². The summed E-state index contributed by atoms with van der Waals surface area (Å²) in [7, 11) is 0. The summed E-state index contributed by atoms with van der Waals surface area (Å²) in [5, 5.41) is 5.35. The van der Waals surface area contributed by atoms with E-state index in [0.29, 0.717) is 4.88 Å². The van der Waals surface area contributed by atoms with Crippen LogP contribution >= 0.6 is 11.3 Å². The number of benzene rings is 2. The number of para-hydroxylation sites is 1. The van der Waals surface area contributed by atoms with Crippen molar-refractivity contribution < 1.29 is 18.8 Å². The van der Waals surface area contributed by atoms with Crippen LogP contribution in [0.4, 0.5) is 4.39 Å². The van der Waals surface area contributed by atoms with Crippen LogP contribution in [0.5, 0.6) is 0 Å². The number of hydrogen-bond acceptors (Lipinski definition) is 4. The molecule has 4 rings (SSSR count). The average Bonchev–Trinajstić information content (AvgIpc) is 3.48. The summed E-state index contributed by atoms with van der Waals surface area (Å²) in [5.74, 6) is -2.04. The molecule has 9 heteroatoms. The van der Waals surface area contributed by atoms with Crippen molar-refractivity contribution in [2.24, 2.45) is 0 Å². The van der Waals surface area contributed by atoms with Crippen molar-refractivity contribution in [1.82, 2.24) is 21.2 Å². The van der Waals surface area contributed by atoms with Gasteiger partial charge in [-0.05, 0) is 47.3 Å². The first kappa shape index (κ1) is 21.3. The molecular weight excluding hydrogens is 431 g/mol. The maximum atomic E-state index is 13.2. The van der Waals surface area contributed by atoms with Gasteiger partial charge in [0, 0.05) is 29.1 Å². The summed E-state index contributed by atoms with van der Waals surface area (Å²) in [6, 6.07) is 15.0. The number of aromatic amines is 1. The summed E-state index contributed by atoms with van der Waals surface area (Å²) in [6.45, 7) is 0. The molecule has 7 nitrogen and oxygen atoms in total. The van der Waals surface area contributed by atoms with Crippen molar-refractivity contribution in [2.75, 3.05) is 0 Å². The van der Waals surface area contributed by atoms with Gasteiger partial charge in [0.2, 0.25) is 0 Å². The first-order valence-electron chi connectivity index (χ1n) is 9.76. The van der Waals surface area contributed by atoms with Gasteiger partial charge in [0.25, 0.3) is 17.7 Å². The molecule has 0 unspecified atom stereocenters. The Hall–Kier alpha value is -3.98. The Morgan fingerprint density at radius 3 is 2.47 bits per heavy atom. The number of hydrogen-bond donors (Lipinski definition) is 4. The molecule has 0 aliphatic rings. The number of aromatic nitrogens is 1. The molecule has 4 N–H and O–H groups in total. The van der Waals surface area contributed by atoms with Crippen LogP contribution in [-0.2, 0) is 11.2 Å². The van der Waals surface area contributed by atoms with E-state index in [1.807, 2.05) is 24.3 Å². The van der Waals surface area contributed by atoms with Crippen LogP contribution in [0.15, 0.2) is 72.2 Å². The van der Waals surface area contributed by atoms with E-state index in [1.54, 1.807) is 23.7 Å². The van der Waals surface area contributed by atoms with Gasteiger partial charge in [0.15, 0.2) is 0 Å². The van der Waals surface area contributed by atoms with Crippen molar-refractivity contribution in [3.63, 3.8) is 0 Å². The van der Waals surface area contributed by atoms with Gasteiger partial charge in [-0.1, -0.05) is 24.3 Å². The topological polar surface area (TPSA) is 103 Å². The summed E-state index contributed by atoms with van der Waals surface area (Å²) in [6.07, 6.45) is 1.96. The zero-order chi connectivity index (χ0) is 22.5. The van der Waals surface area contributed by atoms with Crippen LogP contribution < -0.4 is 16.2 Å². The molecular formula is C23H19FN4O3S. The number of rotatable bonds is 6. The smallest absolute Gasteiger partial charge is 0.279 e. The fraction of sp³-hybridized carbons (Fsp3) is 0.0870. The van der Waals surface area contributed by atoms with Crippen molar-refractivity contribution in [1.29, 1.82) is 0 Å². The van der Waals surface area contributed by atoms with Crippen LogP contribution in [0.2, 0.25) is 0 Å². The number of amides is 3. The molecule has 0 aliphatic carbocycles. The SMILES string of the molecule is O=C(N[C@@H](Cc1c[nH]c2ccccc12)C(=O)NNC(=O)c1cccs1)c1ccc(F)cc1. The van der Waals surface area contributed by atoms with E-state index in [4.69, 9.17) is 0 Å². The molecule has 4 aromatic rings. The van der Waals surface area contributed by atoms with Gasteiger partial charge in [-0.25, -0.2) is 4.39 Å². The molecule has 2 aromatic heterocycles. The number of nitrogens with one attached hydrogen (secondary N) is 4. The third-order valence-corrected chi connectivity index (χ3v) is 5.74. The molecule has 0 aliphatic heterocycles. The van der Waals surface area contributed by atoms with Crippen LogP contribution in [0.1, 0.15) is 25.6 Å². The van der Waals surface area contributed by atoms with Crippen LogP contribution in [0.3, 0.4) is 0 Å². The van der Waals surface area contributed by atoms with E-state index in [1.165, 1.54) is 35.6 Å². The van der Waals surface area contributed by atoms with Gasteiger partial charge < -0.3 is 10.3 Å². The van der Waals surface area contributed by atoms with Crippen LogP contribution in [0, 0.1) is 5.82 Å².